The molecule has 0 aromatic rings. The van der Waals surface area contributed by atoms with E-state index >= 15 is 0 Å². The first kappa shape index (κ1) is 13.5. The van der Waals surface area contributed by atoms with Gasteiger partial charge in [0.1, 0.15) is 6.04 Å². The summed E-state index contributed by atoms with van der Waals surface area (Å²) in [6, 6.07) is -2.41. The molecule has 0 spiro atoms. The third-order valence-electron chi connectivity index (χ3n) is 0.853. The number of hydrogen-bond donors (Lipinski definition) is 1. The maximum Gasteiger partial charge on any atom is 0.403 e. The van der Waals surface area contributed by atoms with Crippen molar-refractivity contribution in [2.75, 3.05) is 0 Å². The second-order valence-corrected chi connectivity index (χ2v) is 1.77. The molecule has 0 aromatic heterocycles. The topological polar surface area (TPSA) is 26.0 Å². The van der Waals surface area contributed by atoms with Gasteiger partial charge in [0.2, 0.25) is 6.43 Å². The molecule has 0 heterocycles. The van der Waals surface area contributed by atoms with E-state index in [0.29, 0.717) is 0 Å². The van der Waals surface area contributed by atoms with Crippen LogP contribution in [0.4, 0.5) is 22.0 Å². The Morgan fingerprint density at radius 2 is 1.55 bits per heavy atom. The summed E-state index contributed by atoms with van der Waals surface area (Å²) >= 11 is 0. The van der Waals surface area contributed by atoms with E-state index in [4.69, 9.17) is 0 Å². The van der Waals surface area contributed by atoms with E-state index in [1.54, 1.807) is 0 Å². The Hall–Kier alpha value is -0.100. The Morgan fingerprint density at radius 3 is 1.64 bits per heavy atom. The lowest BCUT2D eigenvalue weighted by molar-refractivity contribution is -0.155. The molecular formula is C4H7ClF5N. The molecule has 0 aliphatic rings. The first-order chi connectivity index (χ1) is 4.34. The molecule has 0 amide bonds. The summed E-state index contributed by atoms with van der Waals surface area (Å²) in [6.07, 6.45) is -9.04. The van der Waals surface area contributed by atoms with Crippen molar-refractivity contribution in [1.82, 2.24) is 0 Å². The van der Waals surface area contributed by atoms with E-state index in [1.807, 2.05) is 0 Å². The first-order valence-electron chi connectivity index (χ1n) is 2.44. The minimum atomic E-state index is -4.71. The highest BCUT2D eigenvalue weighted by Gasteiger charge is 2.38. The number of halogens is 6. The molecule has 2 N–H and O–H groups in total. The van der Waals surface area contributed by atoms with Crippen LogP contribution >= 0.6 is 12.4 Å². The predicted molar refractivity (Wildman–Crippen MR) is 31.9 cm³/mol. The largest absolute Gasteiger partial charge is 0.403 e. The molecule has 0 rings (SSSR count). The summed E-state index contributed by atoms with van der Waals surface area (Å²) in [7, 11) is 0. The molecule has 0 aliphatic carbocycles. The van der Waals surface area contributed by atoms with E-state index < -0.39 is 25.1 Å². The Bertz CT molecular complexity index is 103. The smallest absolute Gasteiger partial charge is 0.320 e. The van der Waals surface area contributed by atoms with Gasteiger partial charge < -0.3 is 5.73 Å². The van der Waals surface area contributed by atoms with Crippen LogP contribution < -0.4 is 5.73 Å². The fraction of sp³-hybridized carbons (Fsp3) is 1.00. The SMILES string of the molecule is Cl.N[C@@H](CC(F)F)C(F)(F)F. The molecule has 1 nitrogen and oxygen atoms in total. The van der Waals surface area contributed by atoms with Crippen LogP contribution in [0.15, 0.2) is 0 Å². The average molecular weight is 200 g/mol. The van der Waals surface area contributed by atoms with Gasteiger partial charge >= 0.3 is 6.18 Å². The molecule has 1 atom stereocenters. The maximum atomic E-state index is 11.4. The van der Waals surface area contributed by atoms with Crippen molar-refractivity contribution in [2.45, 2.75) is 25.1 Å². The van der Waals surface area contributed by atoms with Crippen molar-refractivity contribution in [3.8, 4) is 0 Å². The van der Waals surface area contributed by atoms with Crippen molar-refractivity contribution >= 4 is 12.4 Å². The molecule has 0 bridgehead atoms. The summed E-state index contributed by atoms with van der Waals surface area (Å²) in [5.74, 6) is 0. The Morgan fingerprint density at radius 1 is 1.18 bits per heavy atom. The Balaban J connectivity index is 0. The lowest BCUT2D eigenvalue weighted by atomic mass is 10.2. The van der Waals surface area contributed by atoms with Crippen LogP contribution in [0.5, 0.6) is 0 Å². The first-order valence-corrected chi connectivity index (χ1v) is 2.44. The van der Waals surface area contributed by atoms with Gasteiger partial charge in [-0.1, -0.05) is 0 Å². The van der Waals surface area contributed by atoms with Crippen LogP contribution in [-0.4, -0.2) is 18.6 Å². The van der Waals surface area contributed by atoms with Gasteiger partial charge in [-0.3, -0.25) is 0 Å². The molecule has 0 aliphatic heterocycles. The van der Waals surface area contributed by atoms with Crippen LogP contribution in [0.25, 0.3) is 0 Å². The Kier molecular flexibility index (Phi) is 5.78. The van der Waals surface area contributed by atoms with Gasteiger partial charge in [0.25, 0.3) is 0 Å². The highest BCUT2D eigenvalue weighted by molar-refractivity contribution is 5.85. The van der Waals surface area contributed by atoms with Gasteiger partial charge in [-0.05, 0) is 0 Å². The monoisotopic (exact) mass is 199 g/mol. The van der Waals surface area contributed by atoms with Crippen LogP contribution in [0, 0.1) is 0 Å². The van der Waals surface area contributed by atoms with Gasteiger partial charge in [-0.15, -0.1) is 12.4 Å². The molecular weight excluding hydrogens is 192 g/mol. The zero-order valence-corrected chi connectivity index (χ0v) is 6.05. The lowest BCUT2D eigenvalue weighted by Gasteiger charge is -2.13. The fourth-order valence-electron chi connectivity index (χ4n) is 0.326. The molecule has 70 valence electrons. The van der Waals surface area contributed by atoms with Crippen LogP contribution in [-0.2, 0) is 0 Å². The second kappa shape index (κ2) is 4.71. The molecule has 7 heteroatoms. The summed E-state index contributed by atoms with van der Waals surface area (Å²) < 4.78 is 56.5. The average Bonchev–Trinajstić information content (AvgIpc) is 1.60. The molecule has 0 fully saturated rings. The maximum absolute atomic E-state index is 11.4. The summed E-state index contributed by atoms with van der Waals surface area (Å²) in [5, 5.41) is 0. The van der Waals surface area contributed by atoms with Crippen LogP contribution in [0.3, 0.4) is 0 Å². The number of hydrogen-bond acceptors (Lipinski definition) is 1. The number of nitrogens with two attached hydrogens (primary N) is 1. The number of alkyl halides is 5. The summed E-state index contributed by atoms with van der Waals surface area (Å²) in [6.45, 7) is 0. The molecule has 11 heavy (non-hydrogen) atoms. The van der Waals surface area contributed by atoms with Gasteiger partial charge in [-0.2, -0.15) is 13.2 Å². The standard InChI is InChI=1S/C4H6F5N.ClH/c5-3(6)1-2(10)4(7,8)9;/h2-3H,1,10H2;1H/t2-;/m0./s1. The summed E-state index contributed by atoms with van der Waals surface area (Å²) in [5.41, 5.74) is 4.35. The van der Waals surface area contributed by atoms with E-state index in [2.05, 4.69) is 5.73 Å². The quantitative estimate of drug-likeness (QED) is 0.676. The molecule has 0 unspecified atom stereocenters. The van der Waals surface area contributed by atoms with E-state index in [0.717, 1.165) is 0 Å². The number of rotatable bonds is 2. The third-order valence-corrected chi connectivity index (χ3v) is 0.853. The van der Waals surface area contributed by atoms with Crippen molar-refractivity contribution < 1.29 is 22.0 Å². The van der Waals surface area contributed by atoms with Gasteiger partial charge in [0, 0.05) is 6.42 Å². The summed E-state index contributed by atoms with van der Waals surface area (Å²) in [4.78, 5) is 0. The molecule has 0 aromatic carbocycles. The third kappa shape index (κ3) is 6.30. The lowest BCUT2D eigenvalue weighted by Crippen LogP contribution is -2.38. The van der Waals surface area contributed by atoms with Crippen molar-refractivity contribution in [1.29, 1.82) is 0 Å². The zero-order chi connectivity index (χ0) is 8.36. The van der Waals surface area contributed by atoms with E-state index in [1.165, 1.54) is 0 Å². The van der Waals surface area contributed by atoms with E-state index in [9.17, 15) is 22.0 Å². The van der Waals surface area contributed by atoms with Crippen molar-refractivity contribution in [2.24, 2.45) is 5.73 Å². The molecule has 0 saturated heterocycles. The highest BCUT2D eigenvalue weighted by Crippen LogP contribution is 2.22. The van der Waals surface area contributed by atoms with Gasteiger partial charge in [0.05, 0.1) is 0 Å². The Labute approximate surface area is 66.2 Å². The minimum Gasteiger partial charge on any atom is -0.320 e. The van der Waals surface area contributed by atoms with Crippen molar-refractivity contribution in [3.05, 3.63) is 0 Å². The second-order valence-electron chi connectivity index (χ2n) is 1.77. The predicted octanol–water partition coefficient (Wildman–Crippen LogP) is 1.95. The van der Waals surface area contributed by atoms with Gasteiger partial charge in [-0.25, -0.2) is 8.78 Å². The van der Waals surface area contributed by atoms with E-state index in [-0.39, 0.29) is 12.4 Å². The fourth-order valence-corrected chi connectivity index (χ4v) is 0.326. The molecule has 0 saturated carbocycles. The normalized spacial score (nSPS) is 14.5. The van der Waals surface area contributed by atoms with Crippen LogP contribution in [0.1, 0.15) is 6.42 Å². The zero-order valence-electron chi connectivity index (χ0n) is 5.24. The minimum absolute atomic E-state index is 0. The van der Waals surface area contributed by atoms with Gasteiger partial charge in [0.15, 0.2) is 0 Å². The highest BCUT2D eigenvalue weighted by atomic mass is 35.5. The molecule has 0 radical (unpaired) electrons. The van der Waals surface area contributed by atoms with Crippen LogP contribution in [0.2, 0.25) is 0 Å². The van der Waals surface area contributed by atoms with Crippen molar-refractivity contribution in [3.63, 3.8) is 0 Å².